The fourth-order valence-electron chi connectivity index (χ4n) is 3.68. The van der Waals surface area contributed by atoms with Crippen molar-refractivity contribution in [3.8, 4) is 5.75 Å². The highest BCUT2D eigenvalue weighted by Crippen LogP contribution is 2.28. The Balaban J connectivity index is 1.73. The maximum Gasteiger partial charge on any atom is 0.219 e. The number of rotatable bonds is 6. The zero-order valence-electron chi connectivity index (χ0n) is 15.7. The first-order valence-corrected chi connectivity index (χ1v) is 9.35. The summed E-state index contributed by atoms with van der Waals surface area (Å²) in [6, 6.07) is 19.4. The second-order valence-electron chi connectivity index (χ2n) is 6.86. The van der Waals surface area contributed by atoms with Crippen LogP contribution in [0.15, 0.2) is 54.6 Å². The molecule has 1 fully saturated rings. The van der Waals surface area contributed by atoms with Gasteiger partial charge < -0.3 is 9.64 Å². The molecule has 138 valence electrons. The molecule has 0 bridgehead atoms. The Morgan fingerprint density at radius 2 is 1.65 bits per heavy atom. The van der Waals surface area contributed by atoms with Crippen LogP contribution in [0.5, 0.6) is 5.75 Å². The molecular weight excluding hydrogens is 324 g/mol. The van der Waals surface area contributed by atoms with Crippen molar-refractivity contribution in [2.45, 2.75) is 25.8 Å². The van der Waals surface area contributed by atoms with Crippen LogP contribution in [0.25, 0.3) is 0 Å². The van der Waals surface area contributed by atoms with E-state index in [1.165, 1.54) is 11.1 Å². The average molecular weight is 352 g/mol. The lowest BCUT2D eigenvalue weighted by atomic mass is 9.96. The van der Waals surface area contributed by atoms with Crippen LogP contribution in [-0.4, -0.2) is 49.0 Å². The van der Waals surface area contributed by atoms with Crippen LogP contribution in [-0.2, 0) is 11.2 Å². The van der Waals surface area contributed by atoms with E-state index in [0.717, 1.165) is 44.8 Å². The Morgan fingerprint density at radius 1 is 1.00 bits per heavy atom. The first-order valence-electron chi connectivity index (χ1n) is 9.35. The molecule has 0 spiro atoms. The molecule has 1 atom stereocenters. The molecule has 4 nitrogen and oxygen atoms in total. The van der Waals surface area contributed by atoms with Crippen LogP contribution in [0.4, 0.5) is 0 Å². The lowest BCUT2D eigenvalue weighted by Crippen LogP contribution is -2.49. The van der Waals surface area contributed by atoms with Crippen molar-refractivity contribution < 1.29 is 9.53 Å². The smallest absolute Gasteiger partial charge is 0.219 e. The minimum Gasteiger partial charge on any atom is -0.497 e. The van der Waals surface area contributed by atoms with Gasteiger partial charge in [0.15, 0.2) is 0 Å². The van der Waals surface area contributed by atoms with Gasteiger partial charge in [0.2, 0.25) is 5.91 Å². The third-order valence-corrected chi connectivity index (χ3v) is 5.25. The molecule has 3 rings (SSSR count). The van der Waals surface area contributed by atoms with Gasteiger partial charge in [-0.3, -0.25) is 9.69 Å². The Labute approximate surface area is 156 Å². The second kappa shape index (κ2) is 8.86. The molecule has 0 saturated carbocycles. The highest BCUT2D eigenvalue weighted by atomic mass is 16.5. The first kappa shape index (κ1) is 18.5. The van der Waals surface area contributed by atoms with Gasteiger partial charge in [-0.1, -0.05) is 42.5 Å². The molecule has 1 aliphatic rings. The number of hydrogen-bond donors (Lipinski definition) is 0. The predicted molar refractivity (Wildman–Crippen MR) is 104 cm³/mol. The van der Waals surface area contributed by atoms with E-state index in [0.29, 0.717) is 6.04 Å². The SMILES string of the molecule is COc1ccc(C(CCc2ccccc2)N2CCN(C(C)=O)CC2)cc1. The summed E-state index contributed by atoms with van der Waals surface area (Å²) in [5, 5.41) is 0. The van der Waals surface area contributed by atoms with E-state index in [-0.39, 0.29) is 5.91 Å². The predicted octanol–water partition coefficient (Wildman–Crippen LogP) is 3.53. The Hall–Kier alpha value is -2.33. The van der Waals surface area contributed by atoms with Gasteiger partial charge in [0.1, 0.15) is 5.75 Å². The van der Waals surface area contributed by atoms with Crippen LogP contribution >= 0.6 is 0 Å². The minimum atomic E-state index is 0.176. The van der Waals surface area contributed by atoms with Gasteiger partial charge in [-0.2, -0.15) is 0 Å². The number of methoxy groups -OCH3 is 1. The quantitative estimate of drug-likeness (QED) is 0.797. The molecule has 0 N–H and O–H groups in total. The molecule has 2 aromatic carbocycles. The van der Waals surface area contributed by atoms with Gasteiger partial charge in [-0.15, -0.1) is 0 Å². The standard InChI is InChI=1S/C22H28N2O2/c1-18(25)23-14-16-24(17-15-23)22(13-8-19-6-4-3-5-7-19)20-9-11-21(26-2)12-10-20/h3-7,9-12,22H,8,13-17H2,1-2H3. The lowest BCUT2D eigenvalue weighted by molar-refractivity contribution is -0.130. The van der Waals surface area contributed by atoms with Crippen LogP contribution < -0.4 is 4.74 Å². The average Bonchev–Trinajstić information content (AvgIpc) is 2.70. The molecule has 1 heterocycles. The van der Waals surface area contributed by atoms with Gasteiger partial charge in [-0.05, 0) is 36.1 Å². The van der Waals surface area contributed by atoms with E-state index in [4.69, 9.17) is 4.74 Å². The van der Waals surface area contributed by atoms with Crippen molar-refractivity contribution in [3.05, 3.63) is 65.7 Å². The molecule has 26 heavy (non-hydrogen) atoms. The normalized spacial score (nSPS) is 16.3. The second-order valence-corrected chi connectivity index (χ2v) is 6.86. The van der Waals surface area contributed by atoms with Gasteiger partial charge in [-0.25, -0.2) is 0 Å². The molecule has 0 aliphatic carbocycles. The van der Waals surface area contributed by atoms with Crippen LogP contribution in [0, 0.1) is 0 Å². The highest BCUT2D eigenvalue weighted by molar-refractivity contribution is 5.73. The summed E-state index contributed by atoms with van der Waals surface area (Å²) in [5.74, 6) is 1.06. The Kier molecular flexibility index (Phi) is 6.29. The molecule has 1 unspecified atom stereocenters. The molecule has 0 aromatic heterocycles. The number of carbonyl (C=O) groups is 1. The number of piperazine rings is 1. The topological polar surface area (TPSA) is 32.8 Å². The zero-order chi connectivity index (χ0) is 18.4. The fraction of sp³-hybridized carbons (Fsp3) is 0.409. The summed E-state index contributed by atoms with van der Waals surface area (Å²) in [4.78, 5) is 16.1. The number of benzene rings is 2. The molecule has 1 aliphatic heterocycles. The van der Waals surface area contributed by atoms with Crippen molar-refractivity contribution in [3.63, 3.8) is 0 Å². The van der Waals surface area contributed by atoms with E-state index < -0.39 is 0 Å². The maximum atomic E-state index is 11.6. The van der Waals surface area contributed by atoms with E-state index in [9.17, 15) is 4.79 Å². The lowest BCUT2D eigenvalue weighted by Gasteiger charge is -2.39. The van der Waals surface area contributed by atoms with Crippen molar-refractivity contribution in [2.75, 3.05) is 33.3 Å². The van der Waals surface area contributed by atoms with Crippen molar-refractivity contribution in [1.29, 1.82) is 0 Å². The number of aryl methyl sites for hydroxylation is 1. The van der Waals surface area contributed by atoms with E-state index >= 15 is 0 Å². The van der Waals surface area contributed by atoms with Crippen LogP contribution in [0.2, 0.25) is 0 Å². The third-order valence-electron chi connectivity index (χ3n) is 5.25. The molecule has 1 amide bonds. The van der Waals surface area contributed by atoms with Gasteiger partial charge in [0.05, 0.1) is 7.11 Å². The summed E-state index contributed by atoms with van der Waals surface area (Å²) >= 11 is 0. The van der Waals surface area contributed by atoms with Crippen molar-refractivity contribution >= 4 is 5.91 Å². The van der Waals surface area contributed by atoms with E-state index in [2.05, 4.69) is 47.4 Å². The largest absolute Gasteiger partial charge is 0.497 e. The summed E-state index contributed by atoms with van der Waals surface area (Å²) in [7, 11) is 1.70. The number of amides is 1. The Morgan fingerprint density at radius 3 is 2.23 bits per heavy atom. The number of hydrogen-bond acceptors (Lipinski definition) is 3. The molecule has 2 aromatic rings. The molecule has 4 heteroatoms. The molecule has 1 saturated heterocycles. The number of carbonyl (C=O) groups excluding carboxylic acids is 1. The van der Waals surface area contributed by atoms with Gasteiger partial charge in [0.25, 0.3) is 0 Å². The van der Waals surface area contributed by atoms with Gasteiger partial charge >= 0.3 is 0 Å². The van der Waals surface area contributed by atoms with Crippen LogP contribution in [0.1, 0.15) is 30.5 Å². The van der Waals surface area contributed by atoms with E-state index in [1.54, 1.807) is 14.0 Å². The Bertz CT molecular complexity index is 692. The maximum absolute atomic E-state index is 11.6. The van der Waals surface area contributed by atoms with Crippen molar-refractivity contribution in [2.24, 2.45) is 0 Å². The highest BCUT2D eigenvalue weighted by Gasteiger charge is 2.25. The fourth-order valence-corrected chi connectivity index (χ4v) is 3.68. The summed E-state index contributed by atoms with van der Waals surface area (Å²) in [6.07, 6.45) is 2.11. The minimum absolute atomic E-state index is 0.176. The zero-order valence-corrected chi connectivity index (χ0v) is 15.7. The number of ether oxygens (including phenoxy) is 1. The summed E-state index contributed by atoms with van der Waals surface area (Å²) in [5.41, 5.74) is 2.69. The van der Waals surface area contributed by atoms with Crippen molar-refractivity contribution in [1.82, 2.24) is 9.80 Å². The van der Waals surface area contributed by atoms with Gasteiger partial charge in [0, 0.05) is 39.1 Å². The molecule has 0 radical (unpaired) electrons. The molecular formula is C22H28N2O2. The van der Waals surface area contributed by atoms with Crippen LogP contribution in [0.3, 0.4) is 0 Å². The third kappa shape index (κ3) is 4.64. The summed E-state index contributed by atoms with van der Waals surface area (Å²) < 4.78 is 5.31. The number of nitrogens with zero attached hydrogens (tertiary/aromatic N) is 2. The van der Waals surface area contributed by atoms with E-state index in [1.807, 2.05) is 17.0 Å². The first-order chi connectivity index (χ1) is 12.7. The monoisotopic (exact) mass is 352 g/mol. The summed E-state index contributed by atoms with van der Waals surface area (Å²) in [6.45, 7) is 5.13.